The molecule has 0 saturated carbocycles. The van der Waals surface area contributed by atoms with E-state index in [4.69, 9.17) is 9.84 Å². The molecule has 2 amide bonds. The van der Waals surface area contributed by atoms with Gasteiger partial charge >= 0.3 is 11.7 Å². The van der Waals surface area contributed by atoms with Gasteiger partial charge in [-0.3, -0.25) is 9.88 Å². The molecule has 9 heteroatoms. The molecule has 3 aromatic rings. The number of benzene rings is 2. The molecule has 1 aromatic heterocycles. The van der Waals surface area contributed by atoms with Gasteiger partial charge in [0.15, 0.2) is 0 Å². The van der Waals surface area contributed by atoms with Crippen LogP contribution in [-0.4, -0.2) is 44.6 Å². The van der Waals surface area contributed by atoms with Crippen LogP contribution in [0, 0.1) is 0 Å². The minimum atomic E-state index is -0.859. The van der Waals surface area contributed by atoms with E-state index >= 15 is 0 Å². The van der Waals surface area contributed by atoms with Crippen LogP contribution in [0.2, 0.25) is 0 Å². The highest BCUT2D eigenvalue weighted by Gasteiger charge is 2.34. The molecule has 2 aromatic carbocycles. The molecular formula is C20H20N4O5. The van der Waals surface area contributed by atoms with Gasteiger partial charge in [0.2, 0.25) is 0 Å². The number of ether oxygens (including phenoxy) is 1. The van der Waals surface area contributed by atoms with Gasteiger partial charge in [0.05, 0.1) is 12.7 Å². The number of aliphatic hydroxyl groups is 2. The molecule has 1 unspecified atom stereocenters. The monoisotopic (exact) mass is 396 g/mol. The van der Waals surface area contributed by atoms with E-state index in [1.165, 1.54) is 16.8 Å². The number of anilines is 2. The summed E-state index contributed by atoms with van der Waals surface area (Å²) in [6.45, 7) is -0.339. The second kappa shape index (κ2) is 8.00. The summed E-state index contributed by atoms with van der Waals surface area (Å²) in [4.78, 5) is 28.3. The number of rotatable bonds is 4. The summed E-state index contributed by atoms with van der Waals surface area (Å²) in [7, 11) is 0. The van der Waals surface area contributed by atoms with Crippen molar-refractivity contribution in [1.82, 2.24) is 9.55 Å². The lowest BCUT2D eigenvalue weighted by molar-refractivity contribution is -0.0458. The van der Waals surface area contributed by atoms with Crippen LogP contribution in [0.1, 0.15) is 12.6 Å². The Labute approximate surface area is 165 Å². The second-order valence-corrected chi connectivity index (χ2v) is 6.76. The number of nitrogens with zero attached hydrogens (tertiary/aromatic N) is 2. The molecule has 1 aliphatic heterocycles. The molecule has 4 N–H and O–H groups in total. The maximum Gasteiger partial charge on any atom is 0.351 e. The molecule has 2 heterocycles. The zero-order valence-corrected chi connectivity index (χ0v) is 15.4. The van der Waals surface area contributed by atoms with Crippen molar-refractivity contribution in [1.29, 1.82) is 0 Å². The van der Waals surface area contributed by atoms with Crippen LogP contribution in [0.25, 0.3) is 10.8 Å². The van der Waals surface area contributed by atoms with E-state index in [-0.39, 0.29) is 18.8 Å². The Balaban J connectivity index is 1.43. The van der Waals surface area contributed by atoms with E-state index in [0.29, 0.717) is 5.69 Å². The van der Waals surface area contributed by atoms with Crippen molar-refractivity contribution < 1.29 is 19.7 Å². The summed E-state index contributed by atoms with van der Waals surface area (Å²) in [6.07, 6.45) is -0.720. The number of nitrogens with one attached hydrogen (secondary N) is 2. The highest BCUT2D eigenvalue weighted by Crippen LogP contribution is 2.27. The topological polar surface area (TPSA) is 126 Å². The van der Waals surface area contributed by atoms with E-state index in [9.17, 15) is 14.7 Å². The Hall–Kier alpha value is -3.27. The average Bonchev–Trinajstić information content (AvgIpc) is 3.08. The summed E-state index contributed by atoms with van der Waals surface area (Å²) in [5.41, 5.74) is -0.0257. The summed E-state index contributed by atoms with van der Waals surface area (Å²) in [5.74, 6) is 0.0850. The van der Waals surface area contributed by atoms with E-state index in [1.54, 1.807) is 6.07 Å². The van der Waals surface area contributed by atoms with Crippen molar-refractivity contribution >= 4 is 28.3 Å². The first kappa shape index (κ1) is 19.1. The van der Waals surface area contributed by atoms with Crippen molar-refractivity contribution in [2.75, 3.05) is 17.2 Å². The Bertz CT molecular complexity index is 1100. The average molecular weight is 396 g/mol. The minimum absolute atomic E-state index is 0.0850. The van der Waals surface area contributed by atoms with E-state index < -0.39 is 30.2 Å². The molecule has 150 valence electrons. The van der Waals surface area contributed by atoms with Crippen molar-refractivity contribution in [2.45, 2.75) is 24.9 Å². The van der Waals surface area contributed by atoms with Gasteiger partial charge in [-0.25, -0.2) is 9.59 Å². The first-order valence-electron chi connectivity index (χ1n) is 9.14. The van der Waals surface area contributed by atoms with Crippen LogP contribution in [0.4, 0.5) is 16.3 Å². The zero-order chi connectivity index (χ0) is 20.4. The number of hydrogen-bond donors (Lipinski definition) is 4. The van der Waals surface area contributed by atoms with Crippen LogP contribution < -0.4 is 16.3 Å². The Morgan fingerprint density at radius 3 is 2.69 bits per heavy atom. The Morgan fingerprint density at radius 2 is 1.97 bits per heavy atom. The fourth-order valence-corrected chi connectivity index (χ4v) is 3.30. The number of hydrogen-bond acceptors (Lipinski definition) is 6. The third-order valence-corrected chi connectivity index (χ3v) is 4.77. The largest absolute Gasteiger partial charge is 0.394 e. The number of carbonyl (C=O) groups is 1. The molecule has 3 atom stereocenters. The summed E-state index contributed by atoms with van der Waals surface area (Å²) in [5, 5.41) is 26.2. The van der Waals surface area contributed by atoms with Gasteiger partial charge in [0.1, 0.15) is 18.1 Å². The molecule has 9 nitrogen and oxygen atoms in total. The fraction of sp³-hybridized carbons (Fsp3) is 0.250. The fourth-order valence-electron chi connectivity index (χ4n) is 3.30. The lowest BCUT2D eigenvalue weighted by Crippen LogP contribution is -2.29. The predicted molar refractivity (Wildman–Crippen MR) is 107 cm³/mol. The maximum absolute atomic E-state index is 12.3. The SMILES string of the molecule is O=C(Nc1ccc2ccccc2c1)Nc1ccn([C@H]2C[C@@H](O)C(CO)O2)c(=O)n1. The van der Waals surface area contributed by atoms with Gasteiger partial charge in [-0.1, -0.05) is 30.3 Å². The predicted octanol–water partition coefficient (Wildman–Crippen LogP) is 1.68. The van der Waals surface area contributed by atoms with E-state index in [2.05, 4.69) is 15.6 Å². The molecule has 0 radical (unpaired) electrons. The number of aliphatic hydroxyl groups excluding tert-OH is 2. The van der Waals surface area contributed by atoms with Crippen molar-refractivity contribution in [3.05, 3.63) is 65.2 Å². The number of fused-ring (bicyclic) bond motifs is 1. The van der Waals surface area contributed by atoms with Crippen LogP contribution >= 0.6 is 0 Å². The zero-order valence-electron chi connectivity index (χ0n) is 15.4. The van der Waals surface area contributed by atoms with Gasteiger partial charge in [-0.05, 0) is 29.0 Å². The lowest BCUT2D eigenvalue weighted by atomic mass is 10.1. The maximum atomic E-state index is 12.3. The third kappa shape index (κ3) is 4.11. The molecule has 4 rings (SSSR count). The minimum Gasteiger partial charge on any atom is -0.394 e. The van der Waals surface area contributed by atoms with E-state index in [1.807, 2.05) is 36.4 Å². The molecule has 0 bridgehead atoms. The lowest BCUT2D eigenvalue weighted by Gasteiger charge is -2.14. The quantitative estimate of drug-likeness (QED) is 0.532. The Kier molecular flexibility index (Phi) is 5.26. The van der Waals surface area contributed by atoms with Gasteiger partial charge < -0.3 is 20.3 Å². The molecule has 0 aliphatic carbocycles. The number of urea groups is 1. The van der Waals surface area contributed by atoms with Gasteiger partial charge in [0, 0.05) is 18.3 Å². The van der Waals surface area contributed by atoms with Crippen LogP contribution in [0.15, 0.2) is 59.5 Å². The summed E-state index contributed by atoms with van der Waals surface area (Å²) < 4.78 is 6.66. The standard InChI is InChI=1S/C20H20N4O5/c25-11-16-15(26)10-18(29-16)24-8-7-17(23-20(24)28)22-19(27)21-14-6-5-12-3-1-2-4-13(12)9-14/h1-9,15-16,18,25-26H,10-11H2,(H2,21,22,23,27,28)/t15-,16?,18-/m1/s1. The molecule has 1 aliphatic rings. The first-order valence-corrected chi connectivity index (χ1v) is 9.14. The first-order chi connectivity index (χ1) is 14.0. The molecular weight excluding hydrogens is 376 g/mol. The van der Waals surface area contributed by atoms with Crippen LogP contribution in [0.3, 0.4) is 0 Å². The van der Waals surface area contributed by atoms with Gasteiger partial charge in [-0.2, -0.15) is 4.98 Å². The van der Waals surface area contributed by atoms with Crippen molar-refractivity contribution in [3.63, 3.8) is 0 Å². The van der Waals surface area contributed by atoms with Crippen LogP contribution in [-0.2, 0) is 4.74 Å². The van der Waals surface area contributed by atoms with Crippen molar-refractivity contribution in [2.24, 2.45) is 0 Å². The third-order valence-electron chi connectivity index (χ3n) is 4.77. The highest BCUT2D eigenvalue weighted by atomic mass is 16.5. The van der Waals surface area contributed by atoms with Crippen molar-refractivity contribution in [3.8, 4) is 0 Å². The second-order valence-electron chi connectivity index (χ2n) is 6.76. The smallest absolute Gasteiger partial charge is 0.351 e. The highest BCUT2D eigenvalue weighted by molar-refractivity contribution is 6.00. The number of carbonyl (C=O) groups excluding carboxylic acids is 1. The van der Waals surface area contributed by atoms with E-state index in [0.717, 1.165) is 10.8 Å². The van der Waals surface area contributed by atoms with Gasteiger partial charge in [0.25, 0.3) is 0 Å². The van der Waals surface area contributed by atoms with Gasteiger partial charge in [-0.15, -0.1) is 0 Å². The normalized spacial score (nSPS) is 21.2. The van der Waals surface area contributed by atoms with Crippen LogP contribution in [0.5, 0.6) is 0 Å². The Morgan fingerprint density at radius 1 is 1.17 bits per heavy atom. The molecule has 29 heavy (non-hydrogen) atoms. The summed E-state index contributed by atoms with van der Waals surface area (Å²) >= 11 is 0. The number of aromatic nitrogens is 2. The molecule has 0 spiro atoms. The summed E-state index contributed by atoms with van der Waals surface area (Å²) in [6, 6.07) is 14.3. The number of amides is 2. The molecule has 1 saturated heterocycles. The molecule has 1 fully saturated rings.